The fourth-order valence-electron chi connectivity index (χ4n) is 1.42. The van der Waals surface area contributed by atoms with Crippen molar-refractivity contribution < 1.29 is 14.4 Å². The molecule has 1 aliphatic carbocycles. The standard InChI is InChI=1S/C10H8N2O3S/c13-10(14)8-3-6(12-15-8)7-4-16-9(11-7)5-1-2-5/h3-5H,1-2H2,(H,13,14). The number of thiazole rings is 1. The molecule has 82 valence electrons. The summed E-state index contributed by atoms with van der Waals surface area (Å²) in [4.78, 5) is 15.0. The molecule has 2 aromatic heterocycles. The van der Waals surface area contributed by atoms with Crippen LogP contribution in [0.4, 0.5) is 0 Å². The molecule has 2 heterocycles. The van der Waals surface area contributed by atoms with Crippen LogP contribution < -0.4 is 0 Å². The first kappa shape index (κ1) is 9.53. The maximum absolute atomic E-state index is 10.6. The number of carboxylic acid groups (broad SMARTS) is 1. The van der Waals surface area contributed by atoms with Crippen LogP contribution in [0.5, 0.6) is 0 Å². The van der Waals surface area contributed by atoms with E-state index in [0.717, 1.165) is 5.01 Å². The van der Waals surface area contributed by atoms with E-state index >= 15 is 0 Å². The first-order valence-electron chi connectivity index (χ1n) is 4.90. The lowest BCUT2D eigenvalue weighted by Gasteiger charge is -1.86. The van der Waals surface area contributed by atoms with E-state index in [1.807, 2.05) is 5.38 Å². The quantitative estimate of drug-likeness (QED) is 0.885. The Bertz CT molecular complexity index is 542. The summed E-state index contributed by atoms with van der Waals surface area (Å²) >= 11 is 1.59. The summed E-state index contributed by atoms with van der Waals surface area (Å²) in [6.07, 6.45) is 2.40. The van der Waals surface area contributed by atoms with Gasteiger partial charge in [0, 0.05) is 17.4 Å². The molecular weight excluding hydrogens is 228 g/mol. The average Bonchev–Trinajstić information content (AvgIpc) is 2.83. The van der Waals surface area contributed by atoms with E-state index in [1.165, 1.54) is 18.9 Å². The molecule has 0 unspecified atom stereocenters. The van der Waals surface area contributed by atoms with Gasteiger partial charge in [0.05, 0.1) is 5.01 Å². The summed E-state index contributed by atoms with van der Waals surface area (Å²) in [5.74, 6) is -0.669. The van der Waals surface area contributed by atoms with E-state index in [-0.39, 0.29) is 5.76 Å². The minimum Gasteiger partial charge on any atom is -0.475 e. The van der Waals surface area contributed by atoms with Crippen LogP contribution in [0.3, 0.4) is 0 Å². The molecule has 0 amide bonds. The van der Waals surface area contributed by atoms with Crippen molar-refractivity contribution in [3.8, 4) is 11.4 Å². The molecule has 6 heteroatoms. The normalized spacial score (nSPS) is 15.2. The molecule has 0 atom stereocenters. The van der Waals surface area contributed by atoms with Gasteiger partial charge in [-0.15, -0.1) is 11.3 Å². The van der Waals surface area contributed by atoms with Crippen molar-refractivity contribution in [3.63, 3.8) is 0 Å². The van der Waals surface area contributed by atoms with Crippen LogP contribution >= 0.6 is 11.3 Å². The Labute approximate surface area is 94.7 Å². The van der Waals surface area contributed by atoms with Gasteiger partial charge in [0.25, 0.3) is 0 Å². The van der Waals surface area contributed by atoms with Gasteiger partial charge in [-0.25, -0.2) is 9.78 Å². The molecule has 0 bridgehead atoms. The first-order valence-corrected chi connectivity index (χ1v) is 5.78. The highest BCUT2D eigenvalue weighted by Gasteiger charge is 2.27. The second-order valence-electron chi connectivity index (χ2n) is 3.73. The Morgan fingerprint density at radius 2 is 2.31 bits per heavy atom. The molecule has 5 nitrogen and oxygen atoms in total. The lowest BCUT2D eigenvalue weighted by atomic mass is 10.3. The highest BCUT2D eigenvalue weighted by Crippen LogP contribution is 2.42. The van der Waals surface area contributed by atoms with E-state index in [9.17, 15) is 4.79 Å². The maximum atomic E-state index is 10.6. The lowest BCUT2D eigenvalue weighted by molar-refractivity contribution is 0.0652. The zero-order valence-electron chi connectivity index (χ0n) is 8.21. The molecule has 1 fully saturated rings. The molecule has 0 spiro atoms. The van der Waals surface area contributed by atoms with Gasteiger partial charge in [-0.2, -0.15) is 0 Å². The molecule has 0 radical (unpaired) electrons. The molecule has 16 heavy (non-hydrogen) atoms. The van der Waals surface area contributed by atoms with Gasteiger partial charge in [-0.1, -0.05) is 5.16 Å². The summed E-state index contributed by atoms with van der Waals surface area (Å²) in [5.41, 5.74) is 1.18. The lowest BCUT2D eigenvalue weighted by Crippen LogP contribution is -1.91. The van der Waals surface area contributed by atoms with Crippen molar-refractivity contribution in [2.24, 2.45) is 0 Å². The average molecular weight is 236 g/mol. The summed E-state index contributed by atoms with van der Waals surface area (Å²) < 4.78 is 4.68. The highest BCUT2D eigenvalue weighted by atomic mass is 32.1. The van der Waals surface area contributed by atoms with Crippen molar-refractivity contribution in [2.45, 2.75) is 18.8 Å². The molecule has 0 aliphatic heterocycles. The smallest absolute Gasteiger partial charge is 0.374 e. The number of aromatic carboxylic acids is 1. The number of hydrogen-bond donors (Lipinski definition) is 1. The number of nitrogens with zero attached hydrogens (tertiary/aromatic N) is 2. The molecule has 0 aromatic carbocycles. The van der Waals surface area contributed by atoms with Crippen LogP contribution in [0.1, 0.15) is 34.3 Å². The third kappa shape index (κ3) is 1.61. The van der Waals surface area contributed by atoms with Gasteiger partial charge in [-0.05, 0) is 12.8 Å². The first-order chi connectivity index (χ1) is 7.74. The number of rotatable bonds is 3. The van der Waals surface area contributed by atoms with Gasteiger partial charge in [0.15, 0.2) is 0 Å². The van der Waals surface area contributed by atoms with E-state index < -0.39 is 5.97 Å². The van der Waals surface area contributed by atoms with Crippen LogP contribution in [0.25, 0.3) is 11.4 Å². The Morgan fingerprint density at radius 3 is 2.94 bits per heavy atom. The maximum Gasteiger partial charge on any atom is 0.374 e. The van der Waals surface area contributed by atoms with Crippen LogP contribution in [0, 0.1) is 0 Å². The summed E-state index contributed by atoms with van der Waals surface area (Å²) in [6, 6.07) is 1.40. The number of hydrogen-bond acceptors (Lipinski definition) is 5. The van der Waals surface area contributed by atoms with Gasteiger partial charge in [0.2, 0.25) is 5.76 Å². The van der Waals surface area contributed by atoms with Gasteiger partial charge in [0.1, 0.15) is 11.4 Å². The topological polar surface area (TPSA) is 76.2 Å². The largest absolute Gasteiger partial charge is 0.475 e. The van der Waals surface area contributed by atoms with Crippen molar-refractivity contribution in [2.75, 3.05) is 0 Å². The third-order valence-electron chi connectivity index (χ3n) is 2.43. The van der Waals surface area contributed by atoms with Crippen LogP contribution in [0.2, 0.25) is 0 Å². The van der Waals surface area contributed by atoms with Crippen molar-refractivity contribution in [1.29, 1.82) is 0 Å². The zero-order valence-corrected chi connectivity index (χ0v) is 9.03. The second-order valence-corrected chi connectivity index (χ2v) is 4.62. The fourth-order valence-corrected chi connectivity index (χ4v) is 2.40. The third-order valence-corrected chi connectivity index (χ3v) is 3.44. The van der Waals surface area contributed by atoms with Crippen molar-refractivity contribution in [1.82, 2.24) is 10.1 Å². The predicted molar refractivity (Wildman–Crippen MR) is 56.5 cm³/mol. The van der Waals surface area contributed by atoms with Gasteiger partial charge < -0.3 is 9.63 Å². The SMILES string of the molecule is O=C(O)c1cc(-c2csc(C3CC3)n2)no1. The van der Waals surface area contributed by atoms with E-state index in [0.29, 0.717) is 17.3 Å². The highest BCUT2D eigenvalue weighted by molar-refractivity contribution is 7.10. The molecule has 2 aromatic rings. The molecular formula is C10H8N2O3S. The Balaban J connectivity index is 1.91. The van der Waals surface area contributed by atoms with E-state index in [1.54, 1.807) is 11.3 Å². The van der Waals surface area contributed by atoms with Gasteiger partial charge in [-0.3, -0.25) is 0 Å². The van der Waals surface area contributed by atoms with Crippen molar-refractivity contribution >= 4 is 17.3 Å². The van der Waals surface area contributed by atoms with E-state index in [2.05, 4.69) is 14.7 Å². The second kappa shape index (κ2) is 3.41. The number of aromatic nitrogens is 2. The van der Waals surface area contributed by atoms with Gasteiger partial charge >= 0.3 is 5.97 Å². The van der Waals surface area contributed by atoms with Crippen LogP contribution in [-0.4, -0.2) is 21.2 Å². The zero-order chi connectivity index (χ0) is 11.1. The van der Waals surface area contributed by atoms with Crippen LogP contribution in [0.15, 0.2) is 16.0 Å². The Kier molecular flexibility index (Phi) is 2.03. The Hall–Kier alpha value is -1.69. The molecule has 1 aliphatic rings. The molecule has 1 N–H and O–H groups in total. The number of carbonyl (C=O) groups is 1. The van der Waals surface area contributed by atoms with Crippen LogP contribution in [-0.2, 0) is 0 Å². The summed E-state index contributed by atoms with van der Waals surface area (Å²) in [7, 11) is 0. The monoisotopic (exact) mass is 236 g/mol. The molecule has 3 rings (SSSR count). The number of carboxylic acids is 1. The fraction of sp³-hybridized carbons (Fsp3) is 0.300. The minimum absolute atomic E-state index is 0.157. The Morgan fingerprint density at radius 1 is 1.50 bits per heavy atom. The van der Waals surface area contributed by atoms with Crippen molar-refractivity contribution in [3.05, 3.63) is 22.2 Å². The summed E-state index contributed by atoms with van der Waals surface area (Å²) in [5, 5.41) is 15.4. The summed E-state index contributed by atoms with van der Waals surface area (Å²) in [6.45, 7) is 0. The van der Waals surface area contributed by atoms with E-state index in [4.69, 9.17) is 5.11 Å². The minimum atomic E-state index is -1.11. The molecule has 0 saturated heterocycles. The predicted octanol–water partition coefficient (Wildman–Crippen LogP) is 2.37. The molecule has 1 saturated carbocycles.